The van der Waals surface area contributed by atoms with Crippen molar-refractivity contribution in [3.63, 3.8) is 0 Å². The second-order valence-electron chi connectivity index (χ2n) is 10.9. The van der Waals surface area contributed by atoms with Gasteiger partial charge in [0.05, 0.1) is 12.6 Å². The van der Waals surface area contributed by atoms with Crippen LogP contribution in [0.1, 0.15) is 45.6 Å². The number of anilines is 1. The zero-order valence-electron chi connectivity index (χ0n) is 22.8. The summed E-state index contributed by atoms with van der Waals surface area (Å²) in [5.41, 5.74) is 3.28. The van der Waals surface area contributed by atoms with Crippen LogP contribution >= 0.6 is 0 Å². The van der Waals surface area contributed by atoms with E-state index in [1.54, 1.807) is 7.11 Å². The molecular weight excluding hydrogens is 480 g/mol. The fourth-order valence-electron chi connectivity index (χ4n) is 4.85. The minimum absolute atomic E-state index is 0.396. The average Bonchev–Trinajstić information content (AvgIpc) is 3.25. The van der Waals surface area contributed by atoms with Crippen LogP contribution in [0.4, 0.5) is 10.7 Å². The maximum atomic E-state index is 12.6. The molecule has 0 aliphatic heterocycles. The third-order valence-corrected chi connectivity index (χ3v) is 6.81. The van der Waals surface area contributed by atoms with Gasteiger partial charge in [0.1, 0.15) is 16.7 Å². The number of furan rings is 1. The third-order valence-electron chi connectivity index (χ3n) is 6.81. The van der Waals surface area contributed by atoms with E-state index in [1.165, 1.54) is 0 Å². The summed E-state index contributed by atoms with van der Waals surface area (Å²) in [6.07, 6.45) is 2.38. The SMILES string of the molecule is COc1nc(N(C)C)nc2oc(-c3ccc(C4(NC(=O)OC(C)(C)C)CCC4)cc3)c(-c3ccccc3)c12. The number of hydrogen-bond donors (Lipinski definition) is 1. The van der Waals surface area contributed by atoms with E-state index in [9.17, 15) is 4.79 Å². The Kier molecular flexibility index (Phi) is 6.51. The van der Waals surface area contributed by atoms with E-state index in [1.807, 2.05) is 82.2 Å². The minimum Gasteiger partial charge on any atom is -0.480 e. The van der Waals surface area contributed by atoms with Crippen LogP contribution in [0.5, 0.6) is 5.88 Å². The summed E-state index contributed by atoms with van der Waals surface area (Å²) >= 11 is 0. The number of rotatable bonds is 6. The Morgan fingerprint density at radius 3 is 2.24 bits per heavy atom. The number of amides is 1. The van der Waals surface area contributed by atoms with Gasteiger partial charge in [-0.25, -0.2) is 4.79 Å². The van der Waals surface area contributed by atoms with Crippen LogP contribution in [0.15, 0.2) is 59.0 Å². The van der Waals surface area contributed by atoms with Crippen LogP contribution in [0.3, 0.4) is 0 Å². The van der Waals surface area contributed by atoms with Crippen LogP contribution in [-0.2, 0) is 10.3 Å². The Hall–Kier alpha value is -4.07. The van der Waals surface area contributed by atoms with Gasteiger partial charge in [-0.2, -0.15) is 9.97 Å². The van der Waals surface area contributed by atoms with Crippen molar-refractivity contribution in [2.24, 2.45) is 0 Å². The molecule has 38 heavy (non-hydrogen) atoms. The zero-order valence-corrected chi connectivity index (χ0v) is 22.8. The van der Waals surface area contributed by atoms with E-state index in [0.717, 1.165) is 46.9 Å². The van der Waals surface area contributed by atoms with Gasteiger partial charge in [-0.3, -0.25) is 0 Å². The minimum atomic E-state index is -0.551. The topological polar surface area (TPSA) is 89.7 Å². The van der Waals surface area contributed by atoms with Crippen LogP contribution < -0.4 is 15.0 Å². The van der Waals surface area contributed by atoms with Gasteiger partial charge in [0.2, 0.25) is 17.5 Å². The number of benzene rings is 2. The number of hydrogen-bond acceptors (Lipinski definition) is 7. The molecule has 0 bridgehead atoms. The van der Waals surface area contributed by atoms with Crippen LogP contribution in [0.2, 0.25) is 0 Å². The zero-order chi connectivity index (χ0) is 27.1. The smallest absolute Gasteiger partial charge is 0.408 e. The lowest BCUT2D eigenvalue weighted by atomic mass is 9.71. The molecule has 2 aromatic heterocycles. The summed E-state index contributed by atoms with van der Waals surface area (Å²) in [5.74, 6) is 1.65. The first-order valence-corrected chi connectivity index (χ1v) is 12.8. The second kappa shape index (κ2) is 9.67. The molecule has 1 saturated carbocycles. The quantitative estimate of drug-likeness (QED) is 0.313. The first-order chi connectivity index (χ1) is 18.1. The lowest BCUT2D eigenvalue weighted by Crippen LogP contribution is -2.52. The molecule has 1 amide bonds. The second-order valence-corrected chi connectivity index (χ2v) is 10.9. The van der Waals surface area contributed by atoms with Gasteiger partial charge < -0.3 is 24.1 Å². The highest BCUT2D eigenvalue weighted by Crippen LogP contribution is 2.46. The van der Waals surface area contributed by atoms with Crippen LogP contribution in [-0.4, -0.2) is 42.9 Å². The molecular formula is C30H34N4O4. The number of nitrogens with zero attached hydrogens (tertiary/aromatic N) is 3. The number of alkyl carbamates (subject to hydrolysis) is 1. The lowest BCUT2D eigenvalue weighted by molar-refractivity contribution is 0.0377. The Balaban J connectivity index is 1.58. The van der Waals surface area contributed by atoms with Crippen molar-refractivity contribution in [1.82, 2.24) is 15.3 Å². The molecule has 198 valence electrons. The highest BCUT2D eigenvalue weighted by Gasteiger charge is 2.41. The van der Waals surface area contributed by atoms with E-state index in [-0.39, 0.29) is 0 Å². The first-order valence-electron chi connectivity index (χ1n) is 12.8. The molecule has 4 aromatic rings. The van der Waals surface area contributed by atoms with Crippen molar-refractivity contribution in [1.29, 1.82) is 0 Å². The number of aromatic nitrogens is 2. The van der Waals surface area contributed by atoms with Gasteiger partial charge >= 0.3 is 6.09 Å². The largest absolute Gasteiger partial charge is 0.480 e. The van der Waals surface area contributed by atoms with Crippen molar-refractivity contribution in [2.75, 3.05) is 26.1 Å². The van der Waals surface area contributed by atoms with Crippen molar-refractivity contribution < 1.29 is 18.7 Å². The van der Waals surface area contributed by atoms with Gasteiger partial charge in [-0.15, -0.1) is 0 Å². The summed E-state index contributed by atoms with van der Waals surface area (Å²) in [5, 5.41) is 3.86. The summed E-state index contributed by atoms with van der Waals surface area (Å²) < 4.78 is 17.6. The lowest BCUT2D eigenvalue weighted by Gasteiger charge is -2.43. The Morgan fingerprint density at radius 1 is 1.00 bits per heavy atom. The molecule has 0 saturated heterocycles. The number of carbonyl (C=O) groups excluding carboxylic acids is 1. The molecule has 5 rings (SSSR count). The molecule has 0 unspecified atom stereocenters. The predicted octanol–water partition coefficient (Wildman–Crippen LogP) is 6.54. The van der Waals surface area contributed by atoms with Gasteiger partial charge in [0.25, 0.3) is 0 Å². The molecule has 1 fully saturated rings. The molecule has 8 nitrogen and oxygen atoms in total. The van der Waals surface area contributed by atoms with Crippen molar-refractivity contribution in [3.05, 3.63) is 60.2 Å². The fourth-order valence-corrected chi connectivity index (χ4v) is 4.85. The van der Waals surface area contributed by atoms with Gasteiger partial charge in [0.15, 0.2) is 0 Å². The standard InChI is InChI=1S/C30H34N4O4/c1-29(2,3)38-28(35)33-30(17-10-18-30)21-15-13-20(14-16-21)24-22(19-11-8-7-9-12-19)23-25(36-6)31-27(34(4)5)32-26(23)37-24/h7-9,11-16H,10,17-18H2,1-6H3,(H,33,35). The molecule has 2 aromatic carbocycles. The third kappa shape index (κ3) is 4.78. The molecule has 1 N–H and O–H groups in total. The number of ether oxygens (including phenoxy) is 2. The van der Waals surface area contributed by atoms with E-state index in [2.05, 4.69) is 27.4 Å². The highest BCUT2D eigenvalue weighted by molar-refractivity contribution is 6.03. The monoisotopic (exact) mass is 514 g/mol. The highest BCUT2D eigenvalue weighted by atomic mass is 16.6. The maximum absolute atomic E-state index is 12.6. The molecule has 8 heteroatoms. The number of fused-ring (bicyclic) bond motifs is 1. The van der Waals surface area contributed by atoms with Crippen molar-refractivity contribution in [2.45, 2.75) is 51.2 Å². The van der Waals surface area contributed by atoms with Gasteiger partial charge in [-0.1, -0.05) is 54.6 Å². The van der Waals surface area contributed by atoms with Gasteiger partial charge in [-0.05, 0) is 51.2 Å². The summed E-state index contributed by atoms with van der Waals surface area (Å²) in [6, 6.07) is 18.2. The Morgan fingerprint density at radius 2 is 1.68 bits per heavy atom. The van der Waals surface area contributed by atoms with Gasteiger partial charge in [0, 0.05) is 25.2 Å². The van der Waals surface area contributed by atoms with Crippen LogP contribution in [0.25, 0.3) is 33.6 Å². The molecule has 0 radical (unpaired) electrons. The van der Waals surface area contributed by atoms with E-state index in [0.29, 0.717) is 23.3 Å². The maximum Gasteiger partial charge on any atom is 0.408 e. The molecule has 2 heterocycles. The van der Waals surface area contributed by atoms with Crippen molar-refractivity contribution in [3.8, 4) is 28.3 Å². The summed E-state index contributed by atoms with van der Waals surface area (Å²) in [4.78, 5) is 23.7. The molecule has 1 aliphatic rings. The van der Waals surface area contributed by atoms with Crippen LogP contribution in [0, 0.1) is 0 Å². The summed E-state index contributed by atoms with van der Waals surface area (Å²) in [6.45, 7) is 5.61. The van der Waals surface area contributed by atoms with Crippen molar-refractivity contribution >= 4 is 23.1 Å². The predicted molar refractivity (Wildman–Crippen MR) is 148 cm³/mol. The Labute approximate surface area is 223 Å². The number of nitrogens with one attached hydrogen (secondary N) is 1. The fraction of sp³-hybridized carbons (Fsp3) is 0.367. The number of carbonyl (C=O) groups is 1. The van der Waals surface area contributed by atoms with E-state index >= 15 is 0 Å². The normalized spacial score (nSPS) is 14.6. The van der Waals surface area contributed by atoms with E-state index < -0.39 is 17.2 Å². The molecule has 0 spiro atoms. The first kappa shape index (κ1) is 25.6. The Bertz CT molecular complexity index is 1450. The van der Waals surface area contributed by atoms with E-state index in [4.69, 9.17) is 13.9 Å². The summed E-state index contributed by atoms with van der Waals surface area (Å²) in [7, 11) is 5.36. The molecule has 1 aliphatic carbocycles. The number of methoxy groups -OCH3 is 1. The molecule has 0 atom stereocenters. The average molecular weight is 515 g/mol.